The molecule has 1 saturated heterocycles. The van der Waals surface area contributed by atoms with E-state index < -0.39 is 0 Å². The Bertz CT molecular complexity index is 619. The fourth-order valence-electron chi connectivity index (χ4n) is 2.47. The first-order valence-electron chi connectivity index (χ1n) is 7.36. The minimum absolute atomic E-state index is 0.160. The van der Waals surface area contributed by atoms with Crippen LogP contribution in [0.4, 0.5) is 0 Å². The largest absolute Gasteiger partial charge is 0.335 e. The van der Waals surface area contributed by atoms with Gasteiger partial charge in [0.15, 0.2) is 0 Å². The summed E-state index contributed by atoms with van der Waals surface area (Å²) in [5, 5.41) is 0. The van der Waals surface area contributed by atoms with Gasteiger partial charge in [0.2, 0.25) is 0 Å². The highest BCUT2D eigenvalue weighted by Gasteiger charge is 2.24. The van der Waals surface area contributed by atoms with E-state index in [2.05, 4.69) is 19.9 Å². The van der Waals surface area contributed by atoms with Crippen molar-refractivity contribution in [1.29, 1.82) is 0 Å². The van der Waals surface area contributed by atoms with Gasteiger partial charge in [-0.2, -0.15) is 0 Å². The van der Waals surface area contributed by atoms with Gasteiger partial charge in [0.1, 0.15) is 11.4 Å². The zero-order valence-electron chi connectivity index (χ0n) is 12.5. The molecular formula is C15H16N6O2. The highest BCUT2D eigenvalue weighted by Crippen LogP contribution is 2.09. The summed E-state index contributed by atoms with van der Waals surface area (Å²) < 4.78 is 0. The summed E-state index contributed by atoms with van der Waals surface area (Å²) in [6.07, 6.45) is 9.66. The molecule has 8 heteroatoms. The van der Waals surface area contributed by atoms with E-state index in [-0.39, 0.29) is 11.8 Å². The molecule has 2 amide bonds. The number of hydrogen-bond donors (Lipinski definition) is 0. The SMILES string of the molecule is O=C(c1cnccn1)N1CCCN(C(=O)c2cnccn2)CC1. The molecular weight excluding hydrogens is 296 g/mol. The van der Waals surface area contributed by atoms with Gasteiger partial charge in [-0.05, 0) is 6.42 Å². The van der Waals surface area contributed by atoms with Gasteiger partial charge in [-0.25, -0.2) is 9.97 Å². The number of nitrogens with zero attached hydrogens (tertiary/aromatic N) is 6. The Kier molecular flexibility index (Phi) is 4.51. The summed E-state index contributed by atoms with van der Waals surface area (Å²) >= 11 is 0. The highest BCUT2D eigenvalue weighted by atomic mass is 16.2. The number of rotatable bonds is 2. The Morgan fingerprint density at radius 2 is 1.22 bits per heavy atom. The fraction of sp³-hybridized carbons (Fsp3) is 0.333. The van der Waals surface area contributed by atoms with E-state index in [1.54, 1.807) is 9.80 Å². The summed E-state index contributed by atoms with van der Waals surface area (Å²) in [7, 11) is 0. The Morgan fingerprint density at radius 3 is 1.61 bits per heavy atom. The lowest BCUT2D eigenvalue weighted by Gasteiger charge is -2.21. The minimum Gasteiger partial charge on any atom is -0.335 e. The molecule has 3 rings (SSSR count). The second-order valence-corrected chi connectivity index (χ2v) is 5.12. The Balaban J connectivity index is 1.66. The predicted molar refractivity (Wildman–Crippen MR) is 80.5 cm³/mol. The molecule has 23 heavy (non-hydrogen) atoms. The molecule has 118 valence electrons. The molecule has 1 aliphatic heterocycles. The smallest absolute Gasteiger partial charge is 0.274 e. The summed E-state index contributed by atoms with van der Waals surface area (Å²) in [6.45, 7) is 2.09. The van der Waals surface area contributed by atoms with Crippen LogP contribution >= 0.6 is 0 Å². The van der Waals surface area contributed by atoms with Crippen LogP contribution in [-0.2, 0) is 0 Å². The normalized spacial score (nSPS) is 15.1. The van der Waals surface area contributed by atoms with Crippen LogP contribution in [-0.4, -0.2) is 67.7 Å². The van der Waals surface area contributed by atoms with Gasteiger partial charge < -0.3 is 9.80 Å². The summed E-state index contributed by atoms with van der Waals surface area (Å²) in [5.41, 5.74) is 0.641. The van der Waals surface area contributed by atoms with Gasteiger partial charge in [0.25, 0.3) is 11.8 Å². The van der Waals surface area contributed by atoms with Crippen LogP contribution in [0, 0.1) is 0 Å². The summed E-state index contributed by atoms with van der Waals surface area (Å²) in [4.78, 5) is 44.1. The second kappa shape index (κ2) is 6.91. The highest BCUT2D eigenvalue weighted by molar-refractivity contribution is 5.93. The number of hydrogen-bond acceptors (Lipinski definition) is 6. The molecule has 2 aromatic heterocycles. The maximum atomic E-state index is 12.4. The van der Waals surface area contributed by atoms with Crippen LogP contribution < -0.4 is 0 Å². The Hall–Kier alpha value is -2.90. The lowest BCUT2D eigenvalue weighted by Crippen LogP contribution is -2.37. The summed E-state index contributed by atoms with van der Waals surface area (Å²) in [6, 6.07) is 0. The molecule has 0 saturated carbocycles. The third-order valence-corrected chi connectivity index (χ3v) is 3.63. The first kappa shape index (κ1) is 15.0. The van der Waals surface area contributed by atoms with E-state index in [1.807, 2.05) is 0 Å². The van der Waals surface area contributed by atoms with Gasteiger partial charge in [-0.1, -0.05) is 0 Å². The molecule has 1 aliphatic rings. The van der Waals surface area contributed by atoms with Gasteiger partial charge in [-0.15, -0.1) is 0 Å². The van der Waals surface area contributed by atoms with Crippen LogP contribution in [0.25, 0.3) is 0 Å². The third-order valence-electron chi connectivity index (χ3n) is 3.63. The van der Waals surface area contributed by atoms with Crippen LogP contribution in [0.15, 0.2) is 37.2 Å². The lowest BCUT2D eigenvalue weighted by atomic mass is 10.3. The van der Waals surface area contributed by atoms with Crippen molar-refractivity contribution in [2.75, 3.05) is 26.2 Å². The van der Waals surface area contributed by atoms with Gasteiger partial charge in [0.05, 0.1) is 12.4 Å². The molecule has 0 aromatic carbocycles. The molecule has 2 aromatic rings. The first-order valence-corrected chi connectivity index (χ1v) is 7.36. The maximum Gasteiger partial charge on any atom is 0.274 e. The molecule has 3 heterocycles. The molecule has 8 nitrogen and oxygen atoms in total. The average molecular weight is 312 g/mol. The van der Waals surface area contributed by atoms with E-state index in [9.17, 15) is 9.59 Å². The van der Waals surface area contributed by atoms with Crippen LogP contribution in [0.3, 0.4) is 0 Å². The third kappa shape index (κ3) is 3.47. The molecule has 0 bridgehead atoms. The van der Waals surface area contributed by atoms with Crippen molar-refractivity contribution in [3.63, 3.8) is 0 Å². The summed E-state index contributed by atoms with van der Waals surface area (Å²) in [5.74, 6) is -0.321. The van der Waals surface area contributed by atoms with Crippen molar-refractivity contribution < 1.29 is 9.59 Å². The molecule has 0 N–H and O–H groups in total. The van der Waals surface area contributed by atoms with Crippen LogP contribution in [0.5, 0.6) is 0 Å². The van der Waals surface area contributed by atoms with E-state index in [0.29, 0.717) is 44.0 Å². The number of carbonyl (C=O) groups is 2. The van der Waals surface area contributed by atoms with E-state index in [4.69, 9.17) is 0 Å². The fourth-order valence-corrected chi connectivity index (χ4v) is 2.47. The number of aromatic nitrogens is 4. The number of carbonyl (C=O) groups excluding carboxylic acids is 2. The van der Waals surface area contributed by atoms with Crippen LogP contribution in [0.1, 0.15) is 27.4 Å². The average Bonchev–Trinajstić information content (AvgIpc) is 2.88. The Labute approximate surface area is 133 Å². The van der Waals surface area contributed by atoms with Crippen LogP contribution in [0.2, 0.25) is 0 Å². The molecule has 0 radical (unpaired) electrons. The van der Waals surface area contributed by atoms with Crippen molar-refractivity contribution in [2.45, 2.75) is 6.42 Å². The first-order chi connectivity index (χ1) is 11.3. The van der Waals surface area contributed by atoms with Crippen molar-refractivity contribution >= 4 is 11.8 Å². The molecule has 0 unspecified atom stereocenters. The standard InChI is InChI=1S/C15H16N6O2/c22-14(12-10-16-2-4-18-12)20-6-1-7-21(9-8-20)15(23)13-11-17-3-5-19-13/h2-5,10-11H,1,6-9H2. The zero-order valence-corrected chi connectivity index (χ0v) is 12.5. The van der Waals surface area contributed by atoms with E-state index in [0.717, 1.165) is 0 Å². The van der Waals surface area contributed by atoms with Crippen molar-refractivity contribution in [2.24, 2.45) is 0 Å². The molecule has 0 aliphatic carbocycles. The van der Waals surface area contributed by atoms with Gasteiger partial charge >= 0.3 is 0 Å². The van der Waals surface area contributed by atoms with E-state index >= 15 is 0 Å². The molecule has 0 spiro atoms. The molecule has 1 fully saturated rings. The van der Waals surface area contributed by atoms with Gasteiger partial charge in [-0.3, -0.25) is 19.6 Å². The molecule has 0 atom stereocenters. The van der Waals surface area contributed by atoms with Gasteiger partial charge in [0, 0.05) is 51.0 Å². The van der Waals surface area contributed by atoms with Crippen molar-refractivity contribution in [3.8, 4) is 0 Å². The lowest BCUT2D eigenvalue weighted by molar-refractivity contribution is 0.0712. The van der Waals surface area contributed by atoms with Crippen molar-refractivity contribution in [1.82, 2.24) is 29.7 Å². The zero-order chi connectivity index (χ0) is 16.1. The second-order valence-electron chi connectivity index (χ2n) is 5.12. The predicted octanol–water partition coefficient (Wildman–Crippen LogP) is 0.255. The monoisotopic (exact) mass is 312 g/mol. The van der Waals surface area contributed by atoms with E-state index in [1.165, 1.54) is 37.2 Å². The topological polar surface area (TPSA) is 92.2 Å². The minimum atomic E-state index is -0.160. The maximum absolute atomic E-state index is 12.4. The Morgan fingerprint density at radius 1 is 0.739 bits per heavy atom. The number of amides is 2. The van der Waals surface area contributed by atoms with Crippen molar-refractivity contribution in [3.05, 3.63) is 48.6 Å². The quantitative estimate of drug-likeness (QED) is 0.789.